The van der Waals surface area contributed by atoms with E-state index in [0.717, 1.165) is 25.5 Å². The normalized spacial score (nSPS) is 11.5. The van der Waals surface area contributed by atoms with E-state index < -0.39 is 15.9 Å². The van der Waals surface area contributed by atoms with Crippen molar-refractivity contribution in [1.29, 1.82) is 0 Å². The fourth-order valence-corrected chi connectivity index (χ4v) is 4.55. The van der Waals surface area contributed by atoms with Crippen LogP contribution in [0.1, 0.15) is 16.7 Å². The molecule has 31 heavy (non-hydrogen) atoms. The summed E-state index contributed by atoms with van der Waals surface area (Å²) in [5.74, 6) is -0.808. The lowest BCUT2D eigenvalue weighted by Gasteiger charge is -2.22. The van der Waals surface area contributed by atoms with Crippen LogP contribution < -0.4 is 5.32 Å². The van der Waals surface area contributed by atoms with Crippen LogP contribution in [0.25, 0.3) is 0 Å². The maximum absolute atomic E-state index is 13.3. The standard InChI is InChI=1S/C23H22BrFN2O3S/c1-17-2-4-19(5-3-17)15-27(31(29,30)22-12-8-20(24)9-13-22)16-23(28)26-14-18-6-10-21(25)11-7-18/h2-13H,14-16H2,1H3,(H,26,28). The monoisotopic (exact) mass is 504 g/mol. The van der Waals surface area contributed by atoms with E-state index in [-0.39, 0.29) is 30.3 Å². The molecule has 0 saturated carbocycles. The van der Waals surface area contributed by atoms with Crippen molar-refractivity contribution in [2.45, 2.75) is 24.9 Å². The molecule has 3 aromatic carbocycles. The van der Waals surface area contributed by atoms with Crippen molar-refractivity contribution in [3.05, 3.63) is 99.8 Å². The SMILES string of the molecule is Cc1ccc(CN(CC(=O)NCc2ccc(F)cc2)S(=O)(=O)c2ccc(Br)cc2)cc1. The second kappa shape index (κ2) is 10.2. The number of carbonyl (C=O) groups excluding carboxylic acids is 1. The Hall–Kier alpha value is -2.55. The Balaban J connectivity index is 1.79. The highest BCUT2D eigenvalue weighted by atomic mass is 79.9. The van der Waals surface area contributed by atoms with Gasteiger partial charge < -0.3 is 5.32 Å². The van der Waals surface area contributed by atoms with Crippen LogP contribution in [-0.2, 0) is 27.9 Å². The Bertz CT molecular complexity index is 1130. The van der Waals surface area contributed by atoms with Crippen LogP contribution in [0.3, 0.4) is 0 Å². The van der Waals surface area contributed by atoms with E-state index in [1.807, 2.05) is 31.2 Å². The number of hydrogen-bond acceptors (Lipinski definition) is 3. The van der Waals surface area contributed by atoms with E-state index in [1.165, 1.54) is 24.3 Å². The first kappa shape index (κ1) is 23.1. The molecule has 0 saturated heterocycles. The van der Waals surface area contributed by atoms with Crippen LogP contribution in [0.15, 0.2) is 82.2 Å². The van der Waals surface area contributed by atoms with Gasteiger partial charge in [-0.2, -0.15) is 4.31 Å². The summed E-state index contributed by atoms with van der Waals surface area (Å²) >= 11 is 3.30. The molecule has 3 rings (SSSR count). The average Bonchev–Trinajstić information content (AvgIpc) is 2.74. The smallest absolute Gasteiger partial charge is 0.243 e. The predicted octanol–water partition coefficient (Wildman–Crippen LogP) is 4.40. The average molecular weight is 505 g/mol. The first-order valence-corrected chi connectivity index (χ1v) is 11.8. The second-order valence-electron chi connectivity index (χ2n) is 7.12. The number of amides is 1. The summed E-state index contributed by atoms with van der Waals surface area (Å²) in [6.45, 7) is 1.84. The second-order valence-corrected chi connectivity index (χ2v) is 9.97. The van der Waals surface area contributed by atoms with Gasteiger partial charge in [-0.25, -0.2) is 12.8 Å². The van der Waals surface area contributed by atoms with E-state index in [2.05, 4.69) is 21.2 Å². The largest absolute Gasteiger partial charge is 0.351 e. The molecule has 0 aromatic heterocycles. The van der Waals surface area contributed by atoms with Crippen LogP contribution in [0.4, 0.5) is 4.39 Å². The molecule has 5 nitrogen and oxygen atoms in total. The summed E-state index contributed by atoms with van der Waals surface area (Å²) in [5, 5.41) is 2.70. The van der Waals surface area contributed by atoms with Crippen molar-refractivity contribution >= 4 is 31.9 Å². The third kappa shape index (κ3) is 6.46. The Kier molecular flexibility index (Phi) is 7.59. The molecule has 0 unspecified atom stereocenters. The number of carbonyl (C=O) groups is 1. The fourth-order valence-electron chi connectivity index (χ4n) is 2.90. The number of aryl methyl sites for hydroxylation is 1. The summed E-state index contributed by atoms with van der Waals surface area (Å²) in [4.78, 5) is 12.7. The van der Waals surface area contributed by atoms with Gasteiger partial charge in [-0.3, -0.25) is 4.79 Å². The third-order valence-corrected chi connectivity index (χ3v) is 6.99. The Morgan fingerprint density at radius 2 is 1.52 bits per heavy atom. The zero-order valence-electron chi connectivity index (χ0n) is 16.9. The molecule has 0 aliphatic rings. The lowest BCUT2D eigenvalue weighted by atomic mass is 10.1. The molecule has 1 N–H and O–H groups in total. The molecule has 162 valence electrons. The number of benzene rings is 3. The minimum absolute atomic E-state index is 0.0582. The highest BCUT2D eigenvalue weighted by molar-refractivity contribution is 9.10. The van der Waals surface area contributed by atoms with Crippen molar-refractivity contribution < 1.29 is 17.6 Å². The van der Waals surface area contributed by atoms with E-state index in [1.54, 1.807) is 24.3 Å². The van der Waals surface area contributed by atoms with Gasteiger partial charge in [0.25, 0.3) is 0 Å². The highest BCUT2D eigenvalue weighted by Gasteiger charge is 2.27. The van der Waals surface area contributed by atoms with E-state index in [0.29, 0.717) is 0 Å². The molecule has 0 atom stereocenters. The molecular formula is C23H22BrFN2O3S. The number of nitrogens with zero attached hydrogens (tertiary/aromatic N) is 1. The number of sulfonamides is 1. The van der Waals surface area contributed by atoms with Crippen LogP contribution in [0.5, 0.6) is 0 Å². The molecule has 0 fully saturated rings. The molecule has 0 heterocycles. The first-order chi connectivity index (χ1) is 14.7. The van der Waals surface area contributed by atoms with Crippen molar-refractivity contribution in [2.75, 3.05) is 6.54 Å². The molecule has 0 aliphatic carbocycles. The molecule has 0 spiro atoms. The van der Waals surface area contributed by atoms with Gasteiger partial charge in [-0.15, -0.1) is 0 Å². The summed E-state index contributed by atoms with van der Waals surface area (Å²) < 4.78 is 41.5. The summed E-state index contributed by atoms with van der Waals surface area (Å²) in [6, 6.07) is 19.5. The molecule has 8 heteroatoms. The van der Waals surface area contributed by atoms with Crippen LogP contribution >= 0.6 is 15.9 Å². The van der Waals surface area contributed by atoms with Gasteiger partial charge in [-0.05, 0) is 54.4 Å². The predicted molar refractivity (Wildman–Crippen MR) is 121 cm³/mol. The zero-order chi connectivity index (χ0) is 22.4. The van der Waals surface area contributed by atoms with Crippen LogP contribution in [-0.4, -0.2) is 25.2 Å². The maximum Gasteiger partial charge on any atom is 0.243 e. The molecule has 0 bridgehead atoms. The van der Waals surface area contributed by atoms with Gasteiger partial charge in [0.1, 0.15) is 5.82 Å². The Labute approximate surface area is 190 Å². The quantitative estimate of drug-likeness (QED) is 0.494. The van der Waals surface area contributed by atoms with Crippen molar-refractivity contribution in [2.24, 2.45) is 0 Å². The van der Waals surface area contributed by atoms with Crippen molar-refractivity contribution in [3.8, 4) is 0 Å². The molecule has 1 amide bonds. The third-order valence-electron chi connectivity index (χ3n) is 4.65. The number of hydrogen-bond donors (Lipinski definition) is 1. The van der Waals surface area contributed by atoms with E-state index >= 15 is 0 Å². The van der Waals surface area contributed by atoms with E-state index in [4.69, 9.17) is 0 Å². The number of nitrogens with one attached hydrogen (secondary N) is 1. The van der Waals surface area contributed by atoms with Crippen LogP contribution in [0, 0.1) is 12.7 Å². The molecular weight excluding hydrogens is 483 g/mol. The minimum atomic E-state index is -3.91. The van der Waals surface area contributed by atoms with Gasteiger partial charge >= 0.3 is 0 Å². The lowest BCUT2D eigenvalue weighted by Crippen LogP contribution is -2.40. The van der Waals surface area contributed by atoms with Gasteiger partial charge in [-0.1, -0.05) is 57.9 Å². The van der Waals surface area contributed by atoms with Gasteiger partial charge in [0.05, 0.1) is 11.4 Å². The maximum atomic E-state index is 13.3. The summed E-state index contributed by atoms with van der Waals surface area (Å²) in [7, 11) is -3.91. The van der Waals surface area contributed by atoms with Gasteiger partial charge in [0.15, 0.2) is 0 Å². The Morgan fingerprint density at radius 3 is 2.13 bits per heavy atom. The first-order valence-electron chi connectivity index (χ1n) is 9.56. The zero-order valence-corrected chi connectivity index (χ0v) is 19.3. The Morgan fingerprint density at radius 1 is 0.935 bits per heavy atom. The lowest BCUT2D eigenvalue weighted by molar-refractivity contribution is -0.121. The molecule has 0 radical (unpaired) electrons. The van der Waals surface area contributed by atoms with Gasteiger partial charge in [0.2, 0.25) is 15.9 Å². The molecule has 0 aliphatic heterocycles. The molecule has 3 aromatic rings. The van der Waals surface area contributed by atoms with Gasteiger partial charge in [0, 0.05) is 17.6 Å². The van der Waals surface area contributed by atoms with Crippen molar-refractivity contribution in [1.82, 2.24) is 9.62 Å². The van der Waals surface area contributed by atoms with Crippen LogP contribution in [0.2, 0.25) is 0 Å². The minimum Gasteiger partial charge on any atom is -0.351 e. The van der Waals surface area contributed by atoms with E-state index in [9.17, 15) is 17.6 Å². The summed E-state index contributed by atoms with van der Waals surface area (Å²) in [5.41, 5.74) is 2.55. The fraction of sp³-hybridized carbons (Fsp3) is 0.174. The number of rotatable bonds is 8. The highest BCUT2D eigenvalue weighted by Crippen LogP contribution is 2.21. The van der Waals surface area contributed by atoms with Crippen molar-refractivity contribution in [3.63, 3.8) is 0 Å². The topological polar surface area (TPSA) is 66.5 Å². The number of halogens is 2. The summed E-state index contributed by atoms with van der Waals surface area (Å²) in [6.07, 6.45) is 0.